The van der Waals surface area contributed by atoms with E-state index in [0.29, 0.717) is 0 Å². The maximum absolute atomic E-state index is 12.4. The first-order valence-electron chi connectivity index (χ1n) is 9.64. The molecule has 4 rings (SSSR count). The van der Waals surface area contributed by atoms with Gasteiger partial charge in [0.15, 0.2) is 0 Å². The lowest BCUT2D eigenvalue weighted by Gasteiger charge is -2.05. The summed E-state index contributed by atoms with van der Waals surface area (Å²) in [6.07, 6.45) is 0.176. The number of methoxy groups -OCH3 is 1. The molecule has 1 amide bonds. The SMILES string of the molecule is COc1ccc(-c2ccc3nc(CC(=O)NCc4cccc(C(=O)O)c4)sc3c2)cc1. The zero-order chi connectivity index (χ0) is 21.8. The number of carboxylic acids is 1. The van der Waals surface area contributed by atoms with Crippen LogP contribution in [0, 0.1) is 0 Å². The summed E-state index contributed by atoms with van der Waals surface area (Å²) in [4.78, 5) is 28.0. The average Bonchev–Trinajstić information content (AvgIpc) is 3.19. The highest BCUT2D eigenvalue weighted by molar-refractivity contribution is 7.18. The van der Waals surface area contributed by atoms with E-state index >= 15 is 0 Å². The second-order valence-electron chi connectivity index (χ2n) is 6.98. The van der Waals surface area contributed by atoms with Gasteiger partial charge in [-0.25, -0.2) is 9.78 Å². The summed E-state index contributed by atoms with van der Waals surface area (Å²) in [7, 11) is 1.64. The Morgan fingerprint density at radius 2 is 1.81 bits per heavy atom. The summed E-state index contributed by atoms with van der Waals surface area (Å²) in [5.41, 5.74) is 3.96. The molecule has 0 fully saturated rings. The largest absolute Gasteiger partial charge is 0.497 e. The van der Waals surface area contributed by atoms with E-state index in [4.69, 9.17) is 9.84 Å². The Kier molecular flexibility index (Phi) is 5.95. The van der Waals surface area contributed by atoms with Gasteiger partial charge in [0.05, 0.1) is 29.3 Å². The van der Waals surface area contributed by atoms with Crippen molar-refractivity contribution in [2.75, 3.05) is 7.11 Å². The van der Waals surface area contributed by atoms with Crippen LogP contribution in [0.5, 0.6) is 5.75 Å². The molecule has 6 nitrogen and oxygen atoms in total. The maximum atomic E-state index is 12.4. The van der Waals surface area contributed by atoms with Crippen molar-refractivity contribution in [3.8, 4) is 16.9 Å². The van der Waals surface area contributed by atoms with Crippen molar-refractivity contribution in [3.63, 3.8) is 0 Å². The standard InChI is InChI=1S/C24H20N2O4S/c1-30-19-8-5-16(6-9-19)17-7-10-20-21(12-17)31-23(26-20)13-22(27)25-14-15-3-2-4-18(11-15)24(28)29/h2-12H,13-14H2,1H3,(H,25,27)(H,28,29). The van der Waals surface area contributed by atoms with E-state index in [0.717, 1.165) is 37.7 Å². The van der Waals surface area contributed by atoms with Crippen molar-refractivity contribution in [1.29, 1.82) is 0 Å². The van der Waals surface area contributed by atoms with E-state index in [-0.39, 0.29) is 24.4 Å². The smallest absolute Gasteiger partial charge is 0.335 e. The Labute approximate surface area is 183 Å². The number of carbonyl (C=O) groups is 2. The van der Waals surface area contributed by atoms with Crippen molar-refractivity contribution in [2.45, 2.75) is 13.0 Å². The number of aromatic nitrogens is 1. The van der Waals surface area contributed by atoms with Gasteiger partial charge in [0, 0.05) is 6.54 Å². The topological polar surface area (TPSA) is 88.5 Å². The van der Waals surface area contributed by atoms with Gasteiger partial charge in [0.25, 0.3) is 0 Å². The van der Waals surface area contributed by atoms with E-state index in [1.165, 1.54) is 17.4 Å². The van der Waals surface area contributed by atoms with Gasteiger partial charge in [-0.2, -0.15) is 0 Å². The molecule has 31 heavy (non-hydrogen) atoms. The van der Waals surface area contributed by atoms with E-state index < -0.39 is 5.97 Å². The van der Waals surface area contributed by atoms with E-state index in [2.05, 4.69) is 16.4 Å². The second-order valence-corrected chi connectivity index (χ2v) is 8.09. The maximum Gasteiger partial charge on any atom is 0.335 e. The van der Waals surface area contributed by atoms with Crippen molar-refractivity contribution < 1.29 is 19.4 Å². The van der Waals surface area contributed by atoms with E-state index in [1.54, 1.807) is 25.3 Å². The molecule has 0 saturated heterocycles. The number of carboxylic acid groups (broad SMARTS) is 1. The minimum absolute atomic E-state index is 0.157. The fraction of sp³-hybridized carbons (Fsp3) is 0.125. The number of benzene rings is 3. The van der Waals surface area contributed by atoms with Crippen LogP contribution in [0.4, 0.5) is 0 Å². The molecule has 0 aliphatic rings. The number of fused-ring (bicyclic) bond motifs is 1. The van der Waals surface area contributed by atoms with Crippen molar-refractivity contribution in [3.05, 3.63) is 82.9 Å². The predicted octanol–water partition coefficient (Wildman–Crippen LogP) is 4.53. The van der Waals surface area contributed by atoms with Crippen LogP contribution in [0.25, 0.3) is 21.3 Å². The molecule has 1 heterocycles. The third kappa shape index (κ3) is 4.90. The first-order chi connectivity index (χ1) is 15.0. The van der Waals surface area contributed by atoms with Crippen LogP contribution in [0.3, 0.4) is 0 Å². The lowest BCUT2D eigenvalue weighted by atomic mass is 10.1. The number of ether oxygens (including phenoxy) is 1. The summed E-state index contributed by atoms with van der Waals surface area (Å²) in [5, 5.41) is 12.6. The van der Waals surface area contributed by atoms with Crippen LogP contribution in [-0.4, -0.2) is 29.1 Å². The zero-order valence-corrected chi connectivity index (χ0v) is 17.6. The van der Waals surface area contributed by atoms with Gasteiger partial charge in [0.1, 0.15) is 10.8 Å². The number of amides is 1. The molecule has 0 unspecified atom stereocenters. The van der Waals surface area contributed by atoms with Crippen LogP contribution in [-0.2, 0) is 17.8 Å². The van der Waals surface area contributed by atoms with Gasteiger partial charge in [-0.05, 0) is 53.1 Å². The molecule has 0 bridgehead atoms. The molecule has 156 valence electrons. The number of hydrogen-bond acceptors (Lipinski definition) is 5. The fourth-order valence-electron chi connectivity index (χ4n) is 3.23. The van der Waals surface area contributed by atoms with Gasteiger partial charge in [0.2, 0.25) is 5.91 Å². The molecule has 4 aromatic rings. The number of rotatable bonds is 7. The lowest BCUT2D eigenvalue weighted by Crippen LogP contribution is -2.24. The molecule has 0 aliphatic carbocycles. The highest BCUT2D eigenvalue weighted by atomic mass is 32.1. The third-order valence-electron chi connectivity index (χ3n) is 4.83. The second kappa shape index (κ2) is 8.97. The number of thiazole rings is 1. The van der Waals surface area contributed by atoms with Crippen molar-refractivity contribution >= 4 is 33.4 Å². The molecule has 0 radical (unpaired) electrons. The van der Waals surface area contributed by atoms with Gasteiger partial charge in [-0.1, -0.05) is 30.3 Å². The number of aromatic carboxylic acids is 1. The first kappa shape index (κ1) is 20.6. The summed E-state index contributed by atoms with van der Waals surface area (Å²) < 4.78 is 6.23. The molecule has 0 atom stereocenters. The molecule has 2 N–H and O–H groups in total. The molecule has 3 aromatic carbocycles. The Morgan fingerprint density at radius 1 is 1.03 bits per heavy atom. The minimum Gasteiger partial charge on any atom is -0.497 e. The Bertz CT molecular complexity index is 1250. The van der Waals surface area contributed by atoms with Crippen LogP contribution in [0.15, 0.2) is 66.7 Å². The lowest BCUT2D eigenvalue weighted by molar-refractivity contribution is -0.120. The van der Waals surface area contributed by atoms with Crippen LogP contribution in [0.1, 0.15) is 20.9 Å². The van der Waals surface area contributed by atoms with Gasteiger partial charge >= 0.3 is 5.97 Å². The normalized spacial score (nSPS) is 10.7. The highest BCUT2D eigenvalue weighted by Gasteiger charge is 2.11. The molecule has 7 heteroatoms. The van der Waals surface area contributed by atoms with E-state index in [1.807, 2.05) is 36.4 Å². The van der Waals surface area contributed by atoms with E-state index in [9.17, 15) is 9.59 Å². The number of nitrogens with zero attached hydrogens (tertiary/aromatic N) is 1. The molecule has 0 saturated carbocycles. The van der Waals surface area contributed by atoms with Gasteiger partial charge in [-0.3, -0.25) is 4.79 Å². The van der Waals surface area contributed by atoms with Crippen LogP contribution >= 0.6 is 11.3 Å². The number of carbonyl (C=O) groups excluding carboxylic acids is 1. The fourth-order valence-corrected chi connectivity index (χ4v) is 4.23. The predicted molar refractivity (Wildman–Crippen MR) is 121 cm³/mol. The van der Waals surface area contributed by atoms with Gasteiger partial charge in [-0.15, -0.1) is 11.3 Å². The van der Waals surface area contributed by atoms with Crippen molar-refractivity contribution in [2.24, 2.45) is 0 Å². The number of hydrogen-bond donors (Lipinski definition) is 2. The van der Waals surface area contributed by atoms with Crippen LogP contribution < -0.4 is 10.1 Å². The highest BCUT2D eigenvalue weighted by Crippen LogP contribution is 2.29. The summed E-state index contributed by atoms with van der Waals surface area (Å²) >= 11 is 1.50. The monoisotopic (exact) mass is 432 g/mol. The third-order valence-corrected chi connectivity index (χ3v) is 5.85. The molecule has 0 aliphatic heterocycles. The average molecular weight is 433 g/mol. The van der Waals surface area contributed by atoms with Crippen LogP contribution in [0.2, 0.25) is 0 Å². The minimum atomic E-state index is -0.989. The first-order valence-corrected chi connectivity index (χ1v) is 10.5. The van der Waals surface area contributed by atoms with Gasteiger partial charge < -0.3 is 15.2 Å². The summed E-state index contributed by atoms with van der Waals surface area (Å²) in [6.45, 7) is 0.270. The van der Waals surface area contributed by atoms with Crippen molar-refractivity contribution in [1.82, 2.24) is 10.3 Å². The Hall–Kier alpha value is -3.71. The molecular weight excluding hydrogens is 412 g/mol. The molecular formula is C24H20N2O4S. The zero-order valence-electron chi connectivity index (χ0n) is 16.8. The Morgan fingerprint density at radius 3 is 2.55 bits per heavy atom. The molecule has 1 aromatic heterocycles. The Balaban J connectivity index is 1.43. The summed E-state index contributed by atoms with van der Waals surface area (Å²) in [6, 6.07) is 20.5. The molecule has 0 spiro atoms. The number of nitrogens with one attached hydrogen (secondary N) is 1. The quantitative estimate of drug-likeness (QED) is 0.448. The summed E-state index contributed by atoms with van der Waals surface area (Å²) in [5.74, 6) is -0.336.